The number of nitrogens with zero attached hydrogens (tertiary/aromatic N) is 1. The molecule has 4 aliphatic carbocycles. The molecule has 1 nitrogen and oxygen atoms in total. The molecule has 1 heterocycles. The largest absolute Gasteiger partial charge is 0.309 e. The normalized spacial score (nSPS) is 19.6. The highest BCUT2D eigenvalue weighted by atomic mass is 15.0. The van der Waals surface area contributed by atoms with Crippen molar-refractivity contribution < 1.29 is 0 Å². The van der Waals surface area contributed by atoms with E-state index in [1.165, 1.54) is 77.6 Å². The quantitative estimate of drug-likeness (QED) is 0.162. The minimum atomic E-state index is -0.310. The van der Waals surface area contributed by atoms with Gasteiger partial charge in [0.25, 0.3) is 0 Å². The van der Waals surface area contributed by atoms with Crippen molar-refractivity contribution >= 4 is 33.0 Å². The first kappa shape index (κ1) is 33.6. The average Bonchev–Trinajstić information content (AvgIpc) is 3.49. The van der Waals surface area contributed by atoms with Crippen molar-refractivity contribution in [2.24, 2.45) is 0 Å². The van der Waals surface area contributed by atoms with Crippen molar-refractivity contribution in [1.29, 1.82) is 0 Å². The minimum Gasteiger partial charge on any atom is -0.309 e. The van der Waals surface area contributed by atoms with Crippen LogP contribution in [0.3, 0.4) is 0 Å². The molecule has 10 rings (SSSR count). The number of rotatable bonds is 6. The zero-order valence-electron chi connectivity index (χ0n) is 32.1. The van der Waals surface area contributed by atoms with E-state index in [1.54, 1.807) is 5.57 Å². The minimum absolute atomic E-state index is 0.0258. The van der Waals surface area contributed by atoms with Crippen molar-refractivity contribution in [3.63, 3.8) is 0 Å². The molecule has 2 atom stereocenters. The Balaban J connectivity index is 1.05. The van der Waals surface area contributed by atoms with Crippen LogP contribution in [0.15, 0.2) is 187 Å². The van der Waals surface area contributed by atoms with Crippen LogP contribution < -0.4 is 0 Å². The number of fused-ring (bicyclic) bond motifs is 5. The van der Waals surface area contributed by atoms with Crippen LogP contribution in [0.25, 0.3) is 38.6 Å². The van der Waals surface area contributed by atoms with Gasteiger partial charge in [0.1, 0.15) is 0 Å². The van der Waals surface area contributed by atoms with Crippen LogP contribution in [-0.2, 0) is 10.8 Å². The van der Waals surface area contributed by atoms with Crippen LogP contribution in [0.5, 0.6) is 0 Å². The fourth-order valence-electron chi connectivity index (χ4n) is 10.0. The summed E-state index contributed by atoms with van der Waals surface area (Å²) in [6.07, 6.45) is 27.4. The van der Waals surface area contributed by atoms with E-state index in [9.17, 15) is 0 Å². The average molecular weight is 710 g/mol. The smallest absolute Gasteiger partial charge is 0.0541 e. The number of benzene rings is 5. The molecule has 0 radical (unpaired) electrons. The molecule has 6 aromatic rings. The van der Waals surface area contributed by atoms with Gasteiger partial charge in [0.2, 0.25) is 0 Å². The summed E-state index contributed by atoms with van der Waals surface area (Å²) in [5, 5.41) is 2.61. The van der Waals surface area contributed by atoms with Crippen LogP contribution >= 0.6 is 0 Å². The van der Waals surface area contributed by atoms with E-state index in [2.05, 4.69) is 201 Å². The summed E-state index contributed by atoms with van der Waals surface area (Å²) in [5.41, 5.74) is 17.4. The van der Waals surface area contributed by atoms with Gasteiger partial charge in [-0.15, -0.1) is 0 Å². The van der Waals surface area contributed by atoms with E-state index >= 15 is 0 Å². The Morgan fingerprint density at radius 2 is 1.53 bits per heavy atom. The Morgan fingerprint density at radius 1 is 0.691 bits per heavy atom. The molecule has 0 bridgehead atoms. The third-order valence-electron chi connectivity index (χ3n) is 13.1. The maximum atomic E-state index is 2.55. The first-order chi connectivity index (χ1) is 26.9. The second kappa shape index (κ2) is 13.1. The highest BCUT2D eigenvalue weighted by molar-refractivity contribution is 6.09. The maximum Gasteiger partial charge on any atom is 0.0541 e. The number of para-hydroxylation sites is 2. The third kappa shape index (κ3) is 5.43. The van der Waals surface area contributed by atoms with Gasteiger partial charge in [-0.2, -0.15) is 0 Å². The van der Waals surface area contributed by atoms with Crippen molar-refractivity contribution in [3.05, 3.63) is 221 Å². The Labute approximate surface area is 325 Å². The lowest BCUT2D eigenvalue weighted by molar-refractivity contribution is 0.600. The lowest BCUT2D eigenvalue weighted by Crippen LogP contribution is -2.28. The standard InChI is InChI=1S/C54H47N/c1-53(2)49-27-13-11-25-45(49)46-31-30-43(36-50(46)53)54(3,41-20-7-4-5-8-21-41)42-22-16-19-39(34-42)37-17-15-18-38(33-37)40-29-32-52-48(35-40)47-26-12-14-28-51(47)55(52)44-23-9-6-10-24-44/h4-12,14-17,19-20,22-26,28-36,38H,13,18,21,27H2,1-3H3. The van der Waals surface area contributed by atoms with Crippen molar-refractivity contribution in [3.8, 4) is 5.69 Å². The molecule has 2 unspecified atom stereocenters. The molecule has 55 heavy (non-hydrogen) atoms. The van der Waals surface area contributed by atoms with Crippen LogP contribution in [0.1, 0.15) is 85.8 Å². The molecule has 0 saturated carbocycles. The molecule has 4 aliphatic rings. The summed E-state index contributed by atoms with van der Waals surface area (Å²) in [4.78, 5) is 0. The Hall–Kier alpha value is -5.92. The van der Waals surface area contributed by atoms with Gasteiger partial charge in [0.15, 0.2) is 0 Å². The molecule has 1 heteroatoms. The molecule has 1 aromatic heterocycles. The van der Waals surface area contributed by atoms with E-state index in [4.69, 9.17) is 0 Å². The molecular formula is C54H47N. The summed E-state index contributed by atoms with van der Waals surface area (Å²) < 4.78 is 2.40. The SMILES string of the molecule is CC1(C)C2=C(C=CCC2)c2ccc(C(C)(C3=CC=CC=CC3)c3cccc(C4=CC(c5ccc6c(c5)c5ccccc5n6-c5ccccc5)CC=C4)c3)cc21. The summed E-state index contributed by atoms with van der Waals surface area (Å²) >= 11 is 0. The van der Waals surface area contributed by atoms with Gasteiger partial charge in [-0.1, -0.05) is 165 Å². The van der Waals surface area contributed by atoms with Crippen molar-refractivity contribution in [1.82, 2.24) is 4.57 Å². The van der Waals surface area contributed by atoms with Crippen LogP contribution in [-0.4, -0.2) is 4.57 Å². The predicted octanol–water partition coefficient (Wildman–Crippen LogP) is 14.1. The molecule has 0 N–H and O–H groups in total. The van der Waals surface area contributed by atoms with Gasteiger partial charge in [0, 0.05) is 33.2 Å². The second-order valence-corrected chi connectivity index (χ2v) is 16.5. The molecule has 0 amide bonds. The number of aromatic nitrogens is 1. The van der Waals surface area contributed by atoms with Crippen LogP contribution in [0, 0.1) is 0 Å². The van der Waals surface area contributed by atoms with E-state index in [-0.39, 0.29) is 10.8 Å². The van der Waals surface area contributed by atoms with E-state index < -0.39 is 0 Å². The predicted molar refractivity (Wildman–Crippen MR) is 234 cm³/mol. The van der Waals surface area contributed by atoms with Gasteiger partial charge >= 0.3 is 0 Å². The lowest BCUT2D eigenvalue weighted by Gasteiger charge is -2.35. The first-order valence-electron chi connectivity index (χ1n) is 20.1. The van der Waals surface area contributed by atoms with E-state index in [1.807, 2.05) is 0 Å². The lowest BCUT2D eigenvalue weighted by atomic mass is 9.67. The van der Waals surface area contributed by atoms with Gasteiger partial charge < -0.3 is 4.57 Å². The Kier molecular flexibility index (Phi) is 8.03. The van der Waals surface area contributed by atoms with Gasteiger partial charge in [-0.25, -0.2) is 0 Å². The number of hydrogen-bond donors (Lipinski definition) is 0. The molecule has 0 fully saturated rings. The fourth-order valence-corrected chi connectivity index (χ4v) is 10.0. The molecule has 0 saturated heterocycles. The molecule has 0 aliphatic heterocycles. The topological polar surface area (TPSA) is 4.93 Å². The monoisotopic (exact) mass is 709 g/mol. The fraction of sp³-hybridized carbons (Fsp3) is 0.185. The van der Waals surface area contributed by atoms with Crippen LogP contribution in [0.4, 0.5) is 0 Å². The summed E-state index contributed by atoms with van der Waals surface area (Å²) in [7, 11) is 0. The highest BCUT2D eigenvalue weighted by Crippen LogP contribution is 2.52. The van der Waals surface area contributed by atoms with Crippen LogP contribution in [0.2, 0.25) is 0 Å². The van der Waals surface area contributed by atoms with Gasteiger partial charge in [-0.05, 0) is 114 Å². The number of allylic oxidation sites excluding steroid dienone is 14. The highest BCUT2D eigenvalue weighted by Gasteiger charge is 2.40. The first-order valence-corrected chi connectivity index (χ1v) is 20.1. The van der Waals surface area contributed by atoms with Gasteiger partial charge in [0.05, 0.1) is 11.0 Å². The van der Waals surface area contributed by atoms with Crippen molar-refractivity contribution in [2.75, 3.05) is 0 Å². The summed E-state index contributed by atoms with van der Waals surface area (Å²) in [6.45, 7) is 7.32. The zero-order valence-corrected chi connectivity index (χ0v) is 32.1. The zero-order chi connectivity index (χ0) is 37.1. The van der Waals surface area contributed by atoms with Crippen molar-refractivity contribution in [2.45, 2.75) is 63.2 Å². The molecule has 5 aromatic carbocycles. The van der Waals surface area contributed by atoms with Gasteiger partial charge in [-0.3, -0.25) is 0 Å². The Bertz CT molecular complexity index is 2730. The van der Waals surface area contributed by atoms with E-state index in [0.29, 0.717) is 5.92 Å². The molecule has 268 valence electrons. The second-order valence-electron chi connectivity index (χ2n) is 16.5. The molecule has 0 spiro atoms. The maximum absolute atomic E-state index is 2.55. The van der Waals surface area contributed by atoms with E-state index in [0.717, 1.165) is 25.7 Å². The molecular weight excluding hydrogens is 663 g/mol. The Morgan fingerprint density at radius 3 is 2.44 bits per heavy atom. The summed E-state index contributed by atoms with van der Waals surface area (Å²) in [6, 6.07) is 43.5. The summed E-state index contributed by atoms with van der Waals surface area (Å²) in [5.74, 6) is 0.296. The third-order valence-corrected chi connectivity index (χ3v) is 13.1. The number of hydrogen-bond acceptors (Lipinski definition) is 0.